The van der Waals surface area contributed by atoms with Gasteiger partial charge in [0.1, 0.15) is 51.1 Å². The van der Waals surface area contributed by atoms with E-state index in [-0.39, 0.29) is 39.6 Å². The van der Waals surface area contributed by atoms with Crippen molar-refractivity contribution in [3.05, 3.63) is 255 Å². The average molecular weight is 1440 g/mol. The number of rotatable bonds is 26. The Balaban J connectivity index is -0.000000142. The largest absolute Gasteiger partial charge is 0.508 e. The summed E-state index contributed by atoms with van der Waals surface area (Å²) in [5.41, 5.74) is 3.39. The number of carbonyl (C=O) groups is 5. The van der Waals surface area contributed by atoms with E-state index in [2.05, 4.69) is 177 Å². The summed E-state index contributed by atoms with van der Waals surface area (Å²) in [7, 11) is 1.56. The number of ether oxygens (including phenoxy) is 9. The molecule has 20 heteroatoms. The van der Waals surface area contributed by atoms with Crippen molar-refractivity contribution >= 4 is 89.8 Å². The number of esters is 5. The number of phenols is 1. The molecule has 0 heterocycles. The van der Waals surface area contributed by atoms with Crippen LogP contribution in [0.5, 0.6) is 11.5 Å². The number of phenolic OH excluding ortho intramolecular Hbond substituents is 1. The fourth-order valence-corrected chi connectivity index (χ4v) is 6.13. The molecule has 0 saturated heterocycles. The van der Waals surface area contributed by atoms with Gasteiger partial charge in [-0.2, -0.15) is 10.5 Å². The molecule has 3 rings (SSSR count). The molecule has 0 unspecified atom stereocenters. The van der Waals surface area contributed by atoms with Crippen molar-refractivity contribution in [1.29, 1.82) is 10.5 Å². The van der Waals surface area contributed by atoms with Crippen LogP contribution in [0.2, 0.25) is 0 Å². The number of carbonyl (C=O) groups excluding carboxylic acids is 5. The third kappa shape index (κ3) is 83.0. The highest BCUT2D eigenvalue weighted by molar-refractivity contribution is 9.11. The van der Waals surface area contributed by atoms with Gasteiger partial charge >= 0.3 is 29.8 Å². The van der Waals surface area contributed by atoms with E-state index in [1.54, 1.807) is 64.3 Å². The number of aromatic hydroxyl groups is 1. The Bertz CT molecular complexity index is 2580. The first-order valence-electron chi connectivity index (χ1n) is 26.6. The van der Waals surface area contributed by atoms with Crippen LogP contribution in [-0.2, 0) is 61.9 Å². The summed E-state index contributed by atoms with van der Waals surface area (Å²) in [6.07, 6.45) is 18.9. The smallest absolute Gasteiger partial charge is 0.333 e. The first kappa shape index (κ1) is 97.1. The highest BCUT2D eigenvalue weighted by atomic mass is 79.9. The Morgan fingerprint density at radius 1 is 0.533 bits per heavy atom. The maximum absolute atomic E-state index is 10.8. The van der Waals surface area contributed by atoms with E-state index < -0.39 is 29.8 Å². The minimum atomic E-state index is -0.537. The molecule has 0 aliphatic rings. The van der Waals surface area contributed by atoms with E-state index in [9.17, 15) is 24.0 Å². The van der Waals surface area contributed by atoms with Crippen molar-refractivity contribution in [2.24, 2.45) is 0 Å². The maximum Gasteiger partial charge on any atom is 0.333 e. The lowest BCUT2D eigenvalue weighted by atomic mass is 10.2. The Morgan fingerprint density at radius 3 is 1.16 bits per heavy atom. The zero-order chi connectivity index (χ0) is 70.8. The molecule has 0 aliphatic carbocycles. The van der Waals surface area contributed by atoms with Crippen molar-refractivity contribution in [3.8, 4) is 23.6 Å². The van der Waals surface area contributed by atoms with Crippen LogP contribution >= 0.6 is 47.8 Å². The topological polar surface area (TPSA) is 236 Å². The van der Waals surface area contributed by atoms with Gasteiger partial charge in [-0.15, -0.1) is 0 Å². The van der Waals surface area contributed by atoms with Gasteiger partial charge in [0.25, 0.3) is 0 Å². The molecule has 0 fully saturated rings. The maximum atomic E-state index is 10.8. The van der Waals surface area contributed by atoms with E-state index in [1.165, 1.54) is 36.8 Å². The number of hydrogen-bond acceptors (Lipinski definition) is 17. The van der Waals surface area contributed by atoms with Crippen LogP contribution in [0.4, 0.5) is 0 Å². The van der Waals surface area contributed by atoms with Gasteiger partial charge in [-0.1, -0.05) is 195 Å². The fraction of sp³-hybridized carbons (Fsp3) is 0.243. The van der Waals surface area contributed by atoms with E-state index in [0.717, 1.165) is 63.3 Å². The number of nitriles is 2. The first-order chi connectivity index (χ1) is 42.8. The molecule has 17 nitrogen and oxygen atoms in total. The Labute approximate surface area is 561 Å². The average Bonchev–Trinajstić information content (AvgIpc) is 1.83. The zero-order valence-electron chi connectivity index (χ0n) is 53.1. The molecule has 0 amide bonds. The Kier molecular flexibility index (Phi) is 83.9. The number of unbranched alkanes of at least 4 members (excludes halogenated alkanes) is 1. The molecule has 3 aromatic rings. The lowest BCUT2D eigenvalue weighted by Gasteiger charge is -2.10. The normalized spacial score (nSPS) is 8.08. The van der Waals surface area contributed by atoms with Gasteiger partial charge in [0.05, 0.1) is 60.2 Å². The lowest BCUT2D eigenvalue weighted by Crippen LogP contribution is -2.14. The summed E-state index contributed by atoms with van der Waals surface area (Å²) in [4.78, 5) is 53.3. The van der Waals surface area contributed by atoms with Gasteiger partial charge in [0, 0.05) is 45.5 Å². The minimum Gasteiger partial charge on any atom is -0.508 e. The highest BCUT2D eigenvalue weighted by Gasteiger charge is 2.09. The summed E-state index contributed by atoms with van der Waals surface area (Å²) in [5.74, 6) is -1.55. The molecule has 0 saturated carbocycles. The molecule has 492 valence electrons. The Morgan fingerprint density at radius 2 is 0.889 bits per heavy atom. The highest BCUT2D eigenvalue weighted by Crippen LogP contribution is 2.36. The molecule has 0 atom stereocenters. The molecule has 0 radical (unpaired) electrons. The SMILES string of the molecule is C=C(C)C#N.C=C(C)C(=O)OCCOC(=O)C(=C)C.C=CC#N.C=CC(=O)OCCOC(=O)C=C.C=CC(=O)OCCOc1c(Br)cc(Br)cc1Br.C=CC=C.C=COC.C=COCCC.C=COCCCC.C=Cc1ccc(O)cc1.C=Cc1ccccc1. The van der Waals surface area contributed by atoms with Gasteiger partial charge in [-0.3, -0.25) is 0 Å². The first-order valence-corrected chi connectivity index (χ1v) is 29.0. The van der Waals surface area contributed by atoms with Crippen molar-refractivity contribution < 1.29 is 71.7 Å². The predicted molar refractivity (Wildman–Crippen MR) is 376 cm³/mol. The lowest BCUT2D eigenvalue weighted by molar-refractivity contribution is -0.147. The second-order valence-electron chi connectivity index (χ2n) is 15.4. The molecule has 0 aromatic heterocycles. The molecule has 0 aliphatic heterocycles. The van der Waals surface area contributed by atoms with Gasteiger partial charge in [0.2, 0.25) is 0 Å². The summed E-state index contributed by atoms with van der Waals surface area (Å²) in [6.45, 7) is 58.0. The van der Waals surface area contributed by atoms with E-state index in [4.69, 9.17) is 34.6 Å². The number of hydrogen-bond donors (Lipinski definition) is 1. The third-order valence-corrected chi connectivity index (χ3v) is 9.44. The Hall–Kier alpha value is -9.21. The monoisotopic (exact) mass is 1440 g/mol. The molecule has 0 bridgehead atoms. The molecule has 90 heavy (non-hydrogen) atoms. The van der Waals surface area contributed by atoms with Gasteiger partial charge < -0.3 is 47.7 Å². The summed E-state index contributed by atoms with van der Waals surface area (Å²) in [5, 5.41) is 24.1. The van der Waals surface area contributed by atoms with Crippen LogP contribution < -0.4 is 4.74 Å². The van der Waals surface area contributed by atoms with Crippen molar-refractivity contribution in [1.82, 2.24) is 0 Å². The third-order valence-electron chi connectivity index (χ3n) is 7.81. The van der Waals surface area contributed by atoms with Crippen LogP contribution in [0.1, 0.15) is 65.0 Å². The molecular weight excluding hydrogens is 1350 g/mol. The summed E-state index contributed by atoms with van der Waals surface area (Å²) in [6, 6.07) is 24.2. The van der Waals surface area contributed by atoms with E-state index in [0.29, 0.717) is 28.2 Å². The van der Waals surface area contributed by atoms with Crippen LogP contribution in [0, 0.1) is 22.7 Å². The van der Waals surface area contributed by atoms with Crippen molar-refractivity contribution in [2.75, 3.05) is 60.0 Å². The molecule has 1 N–H and O–H groups in total. The van der Waals surface area contributed by atoms with Crippen LogP contribution in [0.15, 0.2) is 244 Å². The van der Waals surface area contributed by atoms with Crippen LogP contribution in [0.3, 0.4) is 0 Å². The van der Waals surface area contributed by atoms with Crippen LogP contribution in [0.25, 0.3) is 12.2 Å². The quantitative estimate of drug-likeness (QED) is 0.0150. The van der Waals surface area contributed by atoms with Gasteiger partial charge in [0.15, 0.2) is 0 Å². The number of nitrogens with zero attached hydrogens (tertiary/aromatic N) is 2. The minimum absolute atomic E-state index is 0.0322. The second-order valence-corrected chi connectivity index (χ2v) is 18.1. The fourth-order valence-electron chi connectivity index (χ4n) is 3.64. The zero-order valence-corrected chi connectivity index (χ0v) is 57.8. The van der Waals surface area contributed by atoms with E-state index in [1.807, 2.05) is 66.7 Å². The van der Waals surface area contributed by atoms with E-state index >= 15 is 0 Å². The number of benzene rings is 3. The molecule has 3 aromatic carbocycles. The van der Waals surface area contributed by atoms with Crippen molar-refractivity contribution in [3.63, 3.8) is 0 Å². The summed E-state index contributed by atoms with van der Waals surface area (Å²) < 4.78 is 45.1. The predicted octanol–water partition coefficient (Wildman–Crippen LogP) is 17.5. The van der Waals surface area contributed by atoms with Crippen LogP contribution in [-0.4, -0.2) is 94.9 Å². The summed E-state index contributed by atoms with van der Waals surface area (Å²) >= 11 is 10.1. The van der Waals surface area contributed by atoms with Crippen molar-refractivity contribution in [2.45, 2.75) is 53.9 Å². The van der Waals surface area contributed by atoms with Gasteiger partial charge in [-0.05, 0) is 101 Å². The van der Waals surface area contributed by atoms with Gasteiger partial charge in [-0.25, -0.2) is 24.0 Å². The number of allylic oxidation sites excluding steroid dienone is 4. The number of methoxy groups -OCH3 is 1. The molecular formula is C70H91Br3N2O15. The molecule has 0 spiro atoms. The standard InChI is InChI=1S/C11H9Br3O3.C10H14O4.C8H10O4.C8H8O.C8H8.C6H12O.C5H10O.C4H5N.C4H6.C3H3N.C3H6O/c1-2-10(15)16-3-4-17-11-8(13)5-7(12)6-9(11)14;1-7(2)9(11)13-5-6-14-10(12)8(3)4;1-3-7(9)11-5-6-12-8(10)4-2;1-2-7-3-5-8(9)6-4-7;1-2-8-6-4-3-5-7-8;1-3-5-6-7-4-2;1-3-5-6-4-2;1-4(2)3-5;1-3-4-2;1-2-3-4;1-3-4-2/h2,5-6H,1,3-4H2;1,3,5-6H2,2,4H3;3-4H,1-2,5-6H2;2-6,9H,1H2;2-7H,1H2;4H,2-3,5-6H2,1H3;4H,2-3,5H2,1H3;1H2,2H3;3-4H,1-2H2;2H,1H2;3H,1H2,2H3. The number of halogens is 3. The second kappa shape index (κ2) is 77.8.